The van der Waals surface area contributed by atoms with Crippen molar-refractivity contribution in [2.24, 2.45) is 0 Å². The van der Waals surface area contributed by atoms with Gasteiger partial charge in [-0.2, -0.15) is 0 Å². The standard InChI is InChI=1S/C21H25NO3/c23-21(25-16-17-6-2-1-3-7-17)18-9-11-20(12-10-18)24-15-13-19-8-4-5-14-22-19/h1-3,6-7,9-12,19,22H,4-5,8,13-16H2/t19-/m0/s1. The monoisotopic (exact) mass is 339 g/mol. The molecule has 0 spiro atoms. The lowest BCUT2D eigenvalue weighted by Crippen LogP contribution is -2.35. The summed E-state index contributed by atoms with van der Waals surface area (Å²) in [7, 11) is 0. The lowest BCUT2D eigenvalue weighted by Gasteiger charge is -2.23. The van der Waals surface area contributed by atoms with Crippen molar-refractivity contribution in [2.45, 2.75) is 38.3 Å². The third-order valence-electron chi connectivity index (χ3n) is 4.45. The predicted octanol–water partition coefficient (Wildman–Crippen LogP) is 3.95. The maximum Gasteiger partial charge on any atom is 0.338 e. The van der Waals surface area contributed by atoms with Crippen molar-refractivity contribution in [3.05, 3.63) is 65.7 Å². The van der Waals surface area contributed by atoms with Gasteiger partial charge in [-0.05, 0) is 55.6 Å². The molecular weight excluding hydrogens is 314 g/mol. The van der Waals surface area contributed by atoms with Gasteiger partial charge < -0.3 is 14.8 Å². The molecule has 0 unspecified atom stereocenters. The van der Waals surface area contributed by atoms with E-state index >= 15 is 0 Å². The van der Waals surface area contributed by atoms with E-state index in [1.54, 1.807) is 12.1 Å². The first-order valence-corrected chi connectivity index (χ1v) is 8.98. The van der Waals surface area contributed by atoms with Crippen LogP contribution in [0.1, 0.15) is 41.6 Å². The first-order valence-electron chi connectivity index (χ1n) is 8.98. The summed E-state index contributed by atoms with van der Waals surface area (Å²) in [6.07, 6.45) is 4.83. The van der Waals surface area contributed by atoms with Crippen LogP contribution >= 0.6 is 0 Å². The molecule has 0 saturated carbocycles. The fraction of sp³-hybridized carbons (Fsp3) is 0.381. The number of hydrogen-bond donors (Lipinski definition) is 1. The summed E-state index contributed by atoms with van der Waals surface area (Å²) in [6.45, 7) is 2.09. The molecule has 3 rings (SSSR count). The minimum Gasteiger partial charge on any atom is -0.494 e. The highest BCUT2D eigenvalue weighted by molar-refractivity contribution is 5.89. The molecule has 0 amide bonds. The average molecular weight is 339 g/mol. The number of ether oxygens (including phenoxy) is 2. The highest BCUT2D eigenvalue weighted by Crippen LogP contribution is 2.15. The number of esters is 1. The van der Waals surface area contributed by atoms with Gasteiger partial charge in [0.25, 0.3) is 0 Å². The van der Waals surface area contributed by atoms with Gasteiger partial charge in [0.15, 0.2) is 0 Å². The van der Waals surface area contributed by atoms with Gasteiger partial charge in [0, 0.05) is 6.04 Å². The normalized spacial score (nSPS) is 17.0. The molecular formula is C21H25NO3. The molecule has 4 heteroatoms. The highest BCUT2D eigenvalue weighted by Gasteiger charge is 2.12. The van der Waals surface area contributed by atoms with E-state index in [9.17, 15) is 4.79 Å². The number of nitrogens with one attached hydrogen (secondary N) is 1. The second kappa shape index (κ2) is 9.23. The number of carbonyl (C=O) groups is 1. The van der Waals surface area contributed by atoms with Crippen LogP contribution in [0.5, 0.6) is 5.75 Å². The van der Waals surface area contributed by atoms with E-state index < -0.39 is 0 Å². The Kier molecular flexibility index (Phi) is 6.46. The van der Waals surface area contributed by atoms with E-state index in [1.807, 2.05) is 42.5 Å². The number of hydrogen-bond acceptors (Lipinski definition) is 4. The molecule has 1 atom stereocenters. The first-order chi connectivity index (χ1) is 12.3. The predicted molar refractivity (Wildman–Crippen MR) is 97.8 cm³/mol. The second-order valence-corrected chi connectivity index (χ2v) is 6.37. The third kappa shape index (κ3) is 5.61. The second-order valence-electron chi connectivity index (χ2n) is 6.37. The SMILES string of the molecule is O=C(OCc1ccccc1)c1ccc(OCC[C@@H]2CCCCN2)cc1. The van der Waals surface area contributed by atoms with Crippen LogP contribution < -0.4 is 10.1 Å². The molecule has 4 nitrogen and oxygen atoms in total. The smallest absolute Gasteiger partial charge is 0.338 e. The lowest BCUT2D eigenvalue weighted by atomic mass is 10.0. The number of benzene rings is 2. The van der Waals surface area contributed by atoms with Gasteiger partial charge in [0.2, 0.25) is 0 Å². The minimum atomic E-state index is -0.318. The number of rotatable bonds is 7. The largest absolute Gasteiger partial charge is 0.494 e. The van der Waals surface area contributed by atoms with Gasteiger partial charge in [-0.25, -0.2) is 4.79 Å². The summed E-state index contributed by atoms with van der Waals surface area (Å²) < 4.78 is 11.1. The van der Waals surface area contributed by atoms with Crippen LogP contribution in [-0.2, 0) is 11.3 Å². The zero-order valence-corrected chi connectivity index (χ0v) is 14.4. The van der Waals surface area contributed by atoms with Crippen molar-refractivity contribution in [3.63, 3.8) is 0 Å². The summed E-state index contributed by atoms with van der Waals surface area (Å²) in [5.74, 6) is 0.470. The topological polar surface area (TPSA) is 47.6 Å². The molecule has 0 radical (unpaired) electrons. The van der Waals surface area contributed by atoms with Gasteiger partial charge in [0.1, 0.15) is 12.4 Å². The van der Waals surface area contributed by atoms with Crippen LogP contribution in [0.2, 0.25) is 0 Å². The van der Waals surface area contributed by atoms with E-state index in [-0.39, 0.29) is 12.6 Å². The van der Waals surface area contributed by atoms with Crippen LogP contribution in [-0.4, -0.2) is 25.2 Å². The molecule has 1 heterocycles. The maximum absolute atomic E-state index is 12.1. The van der Waals surface area contributed by atoms with Crippen molar-refractivity contribution in [1.29, 1.82) is 0 Å². The molecule has 0 aromatic heterocycles. The summed E-state index contributed by atoms with van der Waals surface area (Å²) in [5.41, 5.74) is 1.52. The summed E-state index contributed by atoms with van der Waals surface area (Å²) in [4.78, 5) is 12.1. The van der Waals surface area contributed by atoms with E-state index in [4.69, 9.17) is 9.47 Å². The molecule has 0 bridgehead atoms. The molecule has 2 aromatic carbocycles. The Bertz CT molecular complexity index is 649. The van der Waals surface area contributed by atoms with Crippen LogP contribution in [0.3, 0.4) is 0 Å². The molecule has 25 heavy (non-hydrogen) atoms. The van der Waals surface area contributed by atoms with Crippen molar-refractivity contribution < 1.29 is 14.3 Å². The Balaban J connectivity index is 1.42. The minimum absolute atomic E-state index is 0.284. The van der Waals surface area contributed by atoms with Crippen molar-refractivity contribution in [3.8, 4) is 5.75 Å². The fourth-order valence-corrected chi connectivity index (χ4v) is 2.98. The summed E-state index contributed by atoms with van der Waals surface area (Å²) in [6, 6.07) is 17.4. The van der Waals surface area contributed by atoms with Crippen LogP contribution in [0.25, 0.3) is 0 Å². The number of carbonyl (C=O) groups excluding carboxylic acids is 1. The summed E-state index contributed by atoms with van der Waals surface area (Å²) in [5, 5.41) is 3.52. The zero-order chi connectivity index (χ0) is 17.3. The van der Waals surface area contributed by atoms with Crippen LogP contribution in [0, 0.1) is 0 Å². The van der Waals surface area contributed by atoms with Crippen molar-refractivity contribution in [2.75, 3.05) is 13.2 Å². The van der Waals surface area contributed by atoms with Gasteiger partial charge in [-0.1, -0.05) is 36.8 Å². The Labute approximate surface area is 149 Å². The molecule has 1 fully saturated rings. The van der Waals surface area contributed by atoms with Crippen molar-refractivity contribution >= 4 is 5.97 Å². The third-order valence-corrected chi connectivity index (χ3v) is 4.45. The van der Waals surface area contributed by atoms with Gasteiger partial charge >= 0.3 is 5.97 Å². The zero-order valence-electron chi connectivity index (χ0n) is 14.4. The number of piperidine rings is 1. The molecule has 1 aliphatic heterocycles. The van der Waals surface area contributed by atoms with Gasteiger partial charge in [0.05, 0.1) is 12.2 Å². The van der Waals surface area contributed by atoms with Crippen LogP contribution in [0.4, 0.5) is 0 Å². The van der Waals surface area contributed by atoms with Crippen molar-refractivity contribution in [1.82, 2.24) is 5.32 Å². The molecule has 2 aromatic rings. The Morgan fingerprint density at radius 1 is 1.04 bits per heavy atom. The quantitative estimate of drug-likeness (QED) is 0.776. The fourth-order valence-electron chi connectivity index (χ4n) is 2.98. The van der Waals surface area contributed by atoms with E-state index in [1.165, 1.54) is 19.3 Å². The molecule has 1 saturated heterocycles. The van der Waals surface area contributed by atoms with E-state index in [0.29, 0.717) is 18.2 Å². The Hall–Kier alpha value is -2.33. The van der Waals surface area contributed by atoms with E-state index in [2.05, 4.69) is 5.32 Å². The van der Waals surface area contributed by atoms with Crippen LogP contribution in [0.15, 0.2) is 54.6 Å². The van der Waals surface area contributed by atoms with E-state index in [0.717, 1.165) is 24.3 Å². The maximum atomic E-state index is 12.1. The lowest BCUT2D eigenvalue weighted by molar-refractivity contribution is 0.0472. The Morgan fingerprint density at radius 3 is 2.56 bits per heavy atom. The average Bonchev–Trinajstić information content (AvgIpc) is 2.68. The molecule has 1 aliphatic rings. The molecule has 0 aliphatic carbocycles. The van der Waals surface area contributed by atoms with Gasteiger partial charge in [-0.15, -0.1) is 0 Å². The molecule has 1 N–H and O–H groups in total. The first kappa shape index (κ1) is 17.5. The Morgan fingerprint density at radius 2 is 1.84 bits per heavy atom. The molecule has 132 valence electrons. The van der Waals surface area contributed by atoms with Gasteiger partial charge in [-0.3, -0.25) is 0 Å². The summed E-state index contributed by atoms with van der Waals surface area (Å²) >= 11 is 0. The highest BCUT2D eigenvalue weighted by atomic mass is 16.5.